The molecule has 5 heteroatoms. The number of hydrogen-bond acceptors (Lipinski definition) is 4. The van der Waals surface area contributed by atoms with Crippen molar-refractivity contribution in [3.05, 3.63) is 29.5 Å². The van der Waals surface area contributed by atoms with E-state index in [4.69, 9.17) is 4.98 Å². The van der Waals surface area contributed by atoms with Crippen LogP contribution in [0.4, 0.5) is 0 Å². The van der Waals surface area contributed by atoms with E-state index in [9.17, 15) is 0 Å². The summed E-state index contributed by atoms with van der Waals surface area (Å²) in [7, 11) is 4.29. The third-order valence-corrected chi connectivity index (χ3v) is 6.06. The maximum Gasteiger partial charge on any atom is 0.132 e. The number of fused-ring (bicyclic) bond motifs is 1. The van der Waals surface area contributed by atoms with E-state index in [0.29, 0.717) is 18.1 Å². The monoisotopic (exact) mass is 336 g/mol. The van der Waals surface area contributed by atoms with Crippen LogP contribution in [0.15, 0.2) is 12.3 Å². The molecule has 0 fully saturated rings. The van der Waals surface area contributed by atoms with Crippen LogP contribution in [0.2, 0.25) is 0 Å². The second kappa shape index (κ2) is 6.89. The summed E-state index contributed by atoms with van der Waals surface area (Å²) < 4.78 is 2.42. The minimum atomic E-state index is 0.255. The van der Waals surface area contributed by atoms with Crippen molar-refractivity contribution < 1.29 is 0 Å². The van der Waals surface area contributed by atoms with Gasteiger partial charge in [-0.25, -0.2) is 4.98 Å². The van der Waals surface area contributed by atoms with Crippen LogP contribution in [0.25, 0.3) is 0 Å². The van der Waals surface area contributed by atoms with Crippen LogP contribution in [0, 0.1) is 13.8 Å². The lowest BCUT2D eigenvalue weighted by Crippen LogP contribution is -2.50. The number of thioether (sulfide) groups is 1. The third-order valence-electron chi connectivity index (χ3n) is 5.41. The van der Waals surface area contributed by atoms with Crippen LogP contribution in [0.3, 0.4) is 0 Å². The first-order chi connectivity index (χ1) is 10.7. The van der Waals surface area contributed by atoms with Gasteiger partial charge in [-0.05, 0) is 55.0 Å². The largest absolute Gasteiger partial charge is 0.359 e. The maximum atomic E-state index is 4.86. The number of rotatable bonds is 5. The van der Waals surface area contributed by atoms with Crippen molar-refractivity contribution >= 4 is 11.8 Å². The lowest BCUT2D eigenvalue weighted by molar-refractivity contribution is 0.0992. The lowest BCUT2D eigenvalue weighted by atomic mass is 9.99. The minimum Gasteiger partial charge on any atom is -0.359 e. The molecule has 0 radical (unpaired) electrons. The molecule has 4 nitrogen and oxygen atoms in total. The molecule has 2 heterocycles. The average molecular weight is 337 g/mol. The van der Waals surface area contributed by atoms with Gasteiger partial charge in [-0.3, -0.25) is 0 Å². The van der Waals surface area contributed by atoms with Crippen LogP contribution in [0.5, 0.6) is 0 Å². The standard InChI is InChI=1S/C18H32N4S/c1-11-12(2)22-14(4)13(3)21(16(6)18(22)19-11)15(5)17(10-23-9)20(7)8/h13-14,16-17H,5,10H2,1-4,6-9H3/t13?,14?,16-,17-/m0/s1. The summed E-state index contributed by atoms with van der Waals surface area (Å²) in [4.78, 5) is 9.63. The van der Waals surface area contributed by atoms with Gasteiger partial charge in [-0.15, -0.1) is 0 Å². The van der Waals surface area contributed by atoms with E-state index in [2.05, 4.69) is 75.9 Å². The lowest BCUT2D eigenvalue weighted by Gasteiger charge is -2.48. The molecule has 0 aliphatic carbocycles. The normalized spacial score (nSPS) is 25.6. The predicted molar refractivity (Wildman–Crippen MR) is 101 cm³/mol. The SMILES string of the molecule is C=C([C@H](CSC)N(C)C)N1C(C)C(C)n2c(nc(C)c2C)[C@@H]1C. The Morgan fingerprint density at radius 1 is 1.26 bits per heavy atom. The van der Waals surface area contributed by atoms with Crippen molar-refractivity contribution in [3.8, 4) is 0 Å². The van der Waals surface area contributed by atoms with Crippen molar-refractivity contribution in [2.75, 3.05) is 26.1 Å². The number of imidazole rings is 1. The quantitative estimate of drug-likeness (QED) is 0.819. The van der Waals surface area contributed by atoms with Gasteiger partial charge >= 0.3 is 0 Å². The molecular formula is C18H32N4S. The number of aryl methyl sites for hydroxylation is 1. The Bertz CT molecular complexity index is 578. The van der Waals surface area contributed by atoms with E-state index in [-0.39, 0.29) is 6.04 Å². The van der Waals surface area contributed by atoms with Gasteiger partial charge in [-0.1, -0.05) is 6.58 Å². The van der Waals surface area contributed by atoms with Gasteiger partial charge in [0.1, 0.15) is 5.82 Å². The van der Waals surface area contributed by atoms with Crippen molar-refractivity contribution in [1.29, 1.82) is 0 Å². The second-order valence-electron chi connectivity index (χ2n) is 7.00. The zero-order chi connectivity index (χ0) is 17.5. The molecule has 0 aromatic carbocycles. The van der Waals surface area contributed by atoms with E-state index < -0.39 is 0 Å². The van der Waals surface area contributed by atoms with E-state index >= 15 is 0 Å². The summed E-state index contributed by atoms with van der Waals surface area (Å²) in [6.07, 6.45) is 2.16. The molecule has 1 aromatic rings. The van der Waals surface area contributed by atoms with E-state index in [0.717, 1.165) is 11.4 Å². The first kappa shape index (κ1) is 18.4. The van der Waals surface area contributed by atoms with Gasteiger partial charge in [0.05, 0.1) is 23.8 Å². The van der Waals surface area contributed by atoms with Gasteiger partial charge in [0, 0.05) is 23.2 Å². The molecule has 4 atom stereocenters. The zero-order valence-corrected chi connectivity index (χ0v) is 16.7. The highest BCUT2D eigenvalue weighted by Crippen LogP contribution is 2.39. The highest BCUT2D eigenvalue weighted by Gasteiger charge is 2.39. The third kappa shape index (κ3) is 3.05. The van der Waals surface area contributed by atoms with Gasteiger partial charge in [-0.2, -0.15) is 11.8 Å². The molecule has 0 spiro atoms. The van der Waals surface area contributed by atoms with Crippen LogP contribution in [-0.4, -0.2) is 57.5 Å². The zero-order valence-electron chi connectivity index (χ0n) is 15.9. The highest BCUT2D eigenvalue weighted by atomic mass is 32.2. The summed E-state index contributed by atoms with van der Waals surface area (Å²) in [5.41, 5.74) is 3.65. The summed E-state index contributed by atoms with van der Waals surface area (Å²) >= 11 is 1.88. The smallest absolute Gasteiger partial charge is 0.132 e. The Morgan fingerprint density at radius 3 is 2.39 bits per heavy atom. The number of hydrogen-bond donors (Lipinski definition) is 0. The van der Waals surface area contributed by atoms with Gasteiger partial charge < -0.3 is 14.4 Å². The molecule has 23 heavy (non-hydrogen) atoms. The summed E-state index contributed by atoms with van der Waals surface area (Å²) in [6.45, 7) is 15.7. The molecule has 2 rings (SSSR count). The highest BCUT2D eigenvalue weighted by molar-refractivity contribution is 7.98. The minimum absolute atomic E-state index is 0.255. The Balaban J connectivity index is 2.42. The topological polar surface area (TPSA) is 24.3 Å². The van der Waals surface area contributed by atoms with Crippen LogP contribution < -0.4 is 0 Å². The Morgan fingerprint density at radius 2 is 1.87 bits per heavy atom. The molecule has 0 N–H and O–H groups in total. The average Bonchev–Trinajstić information content (AvgIpc) is 2.78. The second-order valence-corrected chi connectivity index (χ2v) is 7.91. The van der Waals surface area contributed by atoms with Crippen molar-refractivity contribution in [2.24, 2.45) is 0 Å². The molecule has 2 unspecified atom stereocenters. The fourth-order valence-electron chi connectivity index (χ4n) is 3.77. The molecule has 1 aliphatic rings. The molecule has 1 aromatic heterocycles. The van der Waals surface area contributed by atoms with Crippen molar-refractivity contribution in [2.45, 2.75) is 58.8 Å². The first-order valence-corrected chi connectivity index (χ1v) is 9.79. The number of aromatic nitrogens is 2. The first-order valence-electron chi connectivity index (χ1n) is 8.40. The van der Waals surface area contributed by atoms with Crippen molar-refractivity contribution in [3.63, 3.8) is 0 Å². The molecule has 0 saturated carbocycles. The van der Waals surface area contributed by atoms with Gasteiger partial charge in [0.2, 0.25) is 0 Å². The Kier molecular flexibility index (Phi) is 5.52. The van der Waals surface area contributed by atoms with Crippen LogP contribution in [-0.2, 0) is 0 Å². The summed E-state index contributed by atoms with van der Waals surface area (Å²) in [5, 5.41) is 0. The van der Waals surface area contributed by atoms with E-state index in [1.54, 1.807) is 0 Å². The predicted octanol–water partition coefficient (Wildman–Crippen LogP) is 3.63. The van der Waals surface area contributed by atoms with Gasteiger partial charge in [0.15, 0.2) is 0 Å². The molecule has 0 saturated heterocycles. The van der Waals surface area contributed by atoms with E-state index in [1.165, 1.54) is 17.2 Å². The Labute approximate surface area is 145 Å². The van der Waals surface area contributed by atoms with E-state index in [1.807, 2.05) is 11.8 Å². The summed E-state index contributed by atoms with van der Waals surface area (Å²) in [6, 6.07) is 1.41. The number of nitrogens with zero attached hydrogens (tertiary/aromatic N) is 4. The molecular weight excluding hydrogens is 304 g/mol. The number of likely N-dealkylation sites (N-methyl/N-ethyl adjacent to an activating group) is 1. The van der Waals surface area contributed by atoms with Crippen LogP contribution >= 0.6 is 11.8 Å². The molecule has 1 aliphatic heterocycles. The van der Waals surface area contributed by atoms with Gasteiger partial charge in [0.25, 0.3) is 0 Å². The fourth-order valence-corrected chi connectivity index (χ4v) is 4.58. The molecule has 130 valence electrons. The fraction of sp³-hybridized carbons (Fsp3) is 0.722. The molecule has 0 amide bonds. The Hall–Kier alpha value is -0.940. The van der Waals surface area contributed by atoms with Crippen LogP contribution in [0.1, 0.15) is 50.1 Å². The summed E-state index contributed by atoms with van der Waals surface area (Å²) in [5.74, 6) is 2.23. The maximum absolute atomic E-state index is 4.86. The van der Waals surface area contributed by atoms with Crippen molar-refractivity contribution in [1.82, 2.24) is 19.4 Å². The molecule has 0 bridgehead atoms.